The Balaban J connectivity index is 1.57. The van der Waals surface area contributed by atoms with Gasteiger partial charge in [0.1, 0.15) is 0 Å². The zero-order valence-electron chi connectivity index (χ0n) is 13.0. The lowest BCUT2D eigenvalue weighted by Gasteiger charge is -2.25. The van der Waals surface area contributed by atoms with E-state index < -0.39 is 0 Å². The summed E-state index contributed by atoms with van der Waals surface area (Å²) in [5.41, 5.74) is 1.37. The summed E-state index contributed by atoms with van der Waals surface area (Å²) in [5.74, 6) is 0. The van der Waals surface area contributed by atoms with Gasteiger partial charge in [-0.1, -0.05) is 11.3 Å². The minimum Gasteiger partial charge on any atom is -0.346 e. The summed E-state index contributed by atoms with van der Waals surface area (Å²) in [4.78, 5) is 11.8. The molecular formula is C16H26N4S. The number of thiazole rings is 1. The molecule has 0 spiro atoms. The van der Waals surface area contributed by atoms with Crippen LogP contribution in [-0.2, 0) is 6.42 Å². The quantitative estimate of drug-likeness (QED) is 0.909. The first-order chi connectivity index (χ1) is 10.3. The first-order valence-electron chi connectivity index (χ1n) is 8.51. The van der Waals surface area contributed by atoms with Crippen molar-refractivity contribution >= 4 is 16.5 Å². The summed E-state index contributed by atoms with van der Waals surface area (Å²) < 4.78 is 0. The van der Waals surface area contributed by atoms with E-state index in [1.54, 1.807) is 0 Å². The van der Waals surface area contributed by atoms with E-state index in [1.807, 2.05) is 11.3 Å². The average molecular weight is 306 g/mol. The predicted molar refractivity (Wildman–Crippen MR) is 88.3 cm³/mol. The number of aryl methyl sites for hydroxylation is 1. The van der Waals surface area contributed by atoms with Gasteiger partial charge in [-0.05, 0) is 52.1 Å². The molecule has 0 aromatic carbocycles. The maximum atomic E-state index is 5.01. The van der Waals surface area contributed by atoms with Crippen molar-refractivity contribution in [3.8, 4) is 0 Å². The third-order valence-corrected chi connectivity index (χ3v) is 6.63. The summed E-state index contributed by atoms with van der Waals surface area (Å²) in [6, 6.07) is 1.31. The highest BCUT2D eigenvalue weighted by atomic mass is 32.1. The Morgan fingerprint density at radius 3 is 2.95 bits per heavy atom. The molecule has 2 aliphatic heterocycles. The Morgan fingerprint density at radius 2 is 2.05 bits per heavy atom. The number of nitrogens with one attached hydrogen (secondary N) is 1. The fourth-order valence-electron chi connectivity index (χ4n) is 4.20. The average Bonchev–Trinajstić information content (AvgIpc) is 3.08. The van der Waals surface area contributed by atoms with Crippen LogP contribution in [0.25, 0.3) is 0 Å². The molecule has 0 bridgehead atoms. The third kappa shape index (κ3) is 2.60. The van der Waals surface area contributed by atoms with E-state index in [1.165, 1.54) is 80.4 Å². The summed E-state index contributed by atoms with van der Waals surface area (Å²) in [5, 5.41) is 4.76. The molecule has 0 saturated carbocycles. The van der Waals surface area contributed by atoms with Crippen LogP contribution in [0.15, 0.2) is 0 Å². The Hall–Kier alpha value is -0.650. The SMILES string of the molecule is CNC1CCCc2nc(N3CCCN4CCCC4C3)sc21. The molecule has 1 N–H and O–H groups in total. The standard InChI is InChI=1S/C16H26N4S/c1-17-13-6-2-7-14-15(13)21-16(18-14)20-10-4-9-19-8-3-5-12(19)11-20/h12-13,17H,2-11H2,1H3. The number of aromatic nitrogens is 1. The zero-order chi connectivity index (χ0) is 14.2. The zero-order valence-corrected chi connectivity index (χ0v) is 13.8. The van der Waals surface area contributed by atoms with Crippen LogP contribution < -0.4 is 10.2 Å². The van der Waals surface area contributed by atoms with E-state index in [0.29, 0.717) is 6.04 Å². The van der Waals surface area contributed by atoms with E-state index in [2.05, 4.69) is 22.2 Å². The van der Waals surface area contributed by atoms with Crippen LogP contribution in [0.5, 0.6) is 0 Å². The normalized spacial score (nSPS) is 30.0. The van der Waals surface area contributed by atoms with Gasteiger partial charge in [0.25, 0.3) is 0 Å². The van der Waals surface area contributed by atoms with E-state index in [0.717, 1.165) is 6.04 Å². The van der Waals surface area contributed by atoms with Crippen LogP contribution in [0.2, 0.25) is 0 Å². The molecule has 3 heterocycles. The molecule has 2 atom stereocenters. The van der Waals surface area contributed by atoms with Gasteiger partial charge in [0.15, 0.2) is 5.13 Å². The molecule has 4 nitrogen and oxygen atoms in total. The number of anilines is 1. The monoisotopic (exact) mass is 306 g/mol. The van der Waals surface area contributed by atoms with E-state index in [4.69, 9.17) is 4.98 Å². The van der Waals surface area contributed by atoms with E-state index in [-0.39, 0.29) is 0 Å². The molecule has 3 aliphatic rings. The minimum absolute atomic E-state index is 0.537. The molecule has 0 amide bonds. The first-order valence-corrected chi connectivity index (χ1v) is 9.32. The van der Waals surface area contributed by atoms with Crippen LogP contribution in [0.1, 0.15) is 48.7 Å². The Kier molecular flexibility index (Phi) is 3.90. The fourth-order valence-corrected chi connectivity index (χ4v) is 5.49. The van der Waals surface area contributed by atoms with Gasteiger partial charge in [0.05, 0.1) is 5.69 Å². The smallest absolute Gasteiger partial charge is 0.185 e. The third-order valence-electron chi connectivity index (χ3n) is 5.36. The topological polar surface area (TPSA) is 31.4 Å². The number of hydrogen-bond donors (Lipinski definition) is 1. The number of nitrogens with zero attached hydrogens (tertiary/aromatic N) is 3. The van der Waals surface area contributed by atoms with Crippen LogP contribution >= 0.6 is 11.3 Å². The van der Waals surface area contributed by atoms with Crippen molar-refractivity contribution in [2.75, 3.05) is 38.1 Å². The van der Waals surface area contributed by atoms with Gasteiger partial charge in [-0.15, -0.1) is 0 Å². The van der Waals surface area contributed by atoms with Crippen molar-refractivity contribution in [2.24, 2.45) is 0 Å². The Bertz CT molecular complexity index is 500. The molecule has 0 radical (unpaired) electrons. The molecule has 5 heteroatoms. The van der Waals surface area contributed by atoms with Crippen LogP contribution in [0.4, 0.5) is 5.13 Å². The van der Waals surface area contributed by atoms with Gasteiger partial charge in [0, 0.05) is 36.6 Å². The molecule has 1 aliphatic carbocycles. The lowest BCUT2D eigenvalue weighted by atomic mass is 9.98. The highest BCUT2D eigenvalue weighted by Crippen LogP contribution is 2.38. The van der Waals surface area contributed by atoms with Crippen LogP contribution in [-0.4, -0.2) is 49.2 Å². The molecule has 4 rings (SSSR count). The van der Waals surface area contributed by atoms with E-state index in [9.17, 15) is 0 Å². The van der Waals surface area contributed by atoms with Gasteiger partial charge in [-0.25, -0.2) is 4.98 Å². The van der Waals surface area contributed by atoms with Gasteiger partial charge in [0.2, 0.25) is 0 Å². The summed E-state index contributed by atoms with van der Waals surface area (Å²) in [6.45, 7) is 4.97. The second kappa shape index (κ2) is 5.86. The maximum Gasteiger partial charge on any atom is 0.185 e. The molecule has 2 saturated heterocycles. The van der Waals surface area contributed by atoms with Crippen molar-refractivity contribution in [2.45, 2.75) is 50.6 Å². The van der Waals surface area contributed by atoms with Gasteiger partial charge < -0.3 is 10.2 Å². The van der Waals surface area contributed by atoms with Crippen molar-refractivity contribution in [1.82, 2.24) is 15.2 Å². The summed E-state index contributed by atoms with van der Waals surface area (Å²) >= 11 is 1.95. The predicted octanol–water partition coefficient (Wildman–Crippen LogP) is 2.41. The number of hydrogen-bond acceptors (Lipinski definition) is 5. The molecule has 116 valence electrons. The lowest BCUT2D eigenvalue weighted by Crippen LogP contribution is -2.36. The Morgan fingerprint density at radius 1 is 1.14 bits per heavy atom. The van der Waals surface area contributed by atoms with Crippen molar-refractivity contribution in [3.63, 3.8) is 0 Å². The van der Waals surface area contributed by atoms with Gasteiger partial charge >= 0.3 is 0 Å². The highest BCUT2D eigenvalue weighted by Gasteiger charge is 2.31. The van der Waals surface area contributed by atoms with Crippen molar-refractivity contribution < 1.29 is 0 Å². The molecule has 2 fully saturated rings. The van der Waals surface area contributed by atoms with Gasteiger partial charge in [-0.3, -0.25) is 4.90 Å². The van der Waals surface area contributed by atoms with Crippen LogP contribution in [0, 0.1) is 0 Å². The second-order valence-corrected chi connectivity index (χ2v) is 7.68. The van der Waals surface area contributed by atoms with Crippen molar-refractivity contribution in [3.05, 3.63) is 10.6 Å². The second-order valence-electron chi connectivity index (χ2n) is 6.67. The van der Waals surface area contributed by atoms with E-state index >= 15 is 0 Å². The fraction of sp³-hybridized carbons (Fsp3) is 0.812. The number of fused-ring (bicyclic) bond motifs is 2. The van der Waals surface area contributed by atoms with Crippen molar-refractivity contribution in [1.29, 1.82) is 0 Å². The summed E-state index contributed by atoms with van der Waals surface area (Å²) in [6.07, 6.45) is 7.76. The molecule has 21 heavy (non-hydrogen) atoms. The summed E-state index contributed by atoms with van der Waals surface area (Å²) in [7, 11) is 2.08. The molecular weight excluding hydrogens is 280 g/mol. The van der Waals surface area contributed by atoms with Crippen LogP contribution in [0.3, 0.4) is 0 Å². The largest absolute Gasteiger partial charge is 0.346 e. The van der Waals surface area contributed by atoms with Gasteiger partial charge in [-0.2, -0.15) is 0 Å². The molecule has 1 aromatic heterocycles. The minimum atomic E-state index is 0.537. The number of rotatable bonds is 2. The molecule has 2 unspecified atom stereocenters. The Labute approximate surface area is 131 Å². The highest BCUT2D eigenvalue weighted by molar-refractivity contribution is 7.15. The lowest BCUT2D eigenvalue weighted by molar-refractivity contribution is 0.273. The maximum absolute atomic E-state index is 5.01. The molecule has 1 aromatic rings. The first kappa shape index (κ1) is 14.0.